The predicted octanol–water partition coefficient (Wildman–Crippen LogP) is 6.43. The highest BCUT2D eigenvalue weighted by molar-refractivity contribution is 7.15. The fraction of sp³-hybridized carbons (Fsp3) is 0.167. The van der Waals surface area contributed by atoms with Crippen LogP contribution in [0.4, 0.5) is 13.2 Å². The second kappa shape index (κ2) is 7.96. The molecule has 1 N–H and O–H groups in total. The van der Waals surface area contributed by atoms with Crippen LogP contribution in [0.5, 0.6) is 0 Å². The van der Waals surface area contributed by atoms with Crippen molar-refractivity contribution >= 4 is 34.5 Å². The van der Waals surface area contributed by atoms with Crippen LogP contribution in [0.3, 0.4) is 0 Å². The number of halogens is 5. The summed E-state index contributed by atoms with van der Waals surface area (Å²) in [5, 5.41) is 4.67. The molecule has 3 aromatic rings. The maximum Gasteiger partial charge on any atom is 0.416 e. The van der Waals surface area contributed by atoms with E-state index in [0.717, 1.165) is 21.5 Å². The van der Waals surface area contributed by atoms with Crippen molar-refractivity contribution in [2.45, 2.75) is 19.3 Å². The van der Waals surface area contributed by atoms with Crippen LogP contribution < -0.4 is 5.32 Å². The predicted molar refractivity (Wildman–Crippen MR) is 99.6 cm³/mol. The summed E-state index contributed by atoms with van der Waals surface area (Å²) in [5.41, 5.74) is 0.359. The van der Waals surface area contributed by atoms with E-state index < -0.39 is 11.7 Å². The molecule has 0 amide bonds. The molecule has 1 aromatic heterocycles. The Balaban J connectivity index is 1.68. The molecule has 26 heavy (non-hydrogen) atoms. The molecular weight excluding hydrogens is 404 g/mol. The van der Waals surface area contributed by atoms with Crippen LogP contribution in [0.25, 0.3) is 10.4 Å². The molecule has 8 heteroatoms. The number of hydrogen-bond acceptors (Lipinski definition) is 3. The zero-order valence-corrected chi connectivity index (χ0v) is 15.6. The fourth-order valence-corrected chi connectivity index (χ4v) is 3.84. The Morgan fingerprint density at radius 3 is 2.54 bits per heavy atom. The van der Waals surface area contributed by atoms with Crippen molar-refractivity contribution in [2.75, 3.05) is 0 Å². The van der Waals surface area contributed by atoms with Gasteiger partial charge >= 0.3 is 6.18 Å². The number of hydrogen-bond donors (Lipinski definition) is 1. The summed E-state index contributed by atoms with van der Waals surface area (Å²) in [7, 11) is 0. The van der Waals surface area contributed by atoms with Crippen LogP contribution in [0.1, 0.15) is 16.1 Å². The Hall–Kier alpha value is -1.60. The van der Waals surface area contributed by atoms with Crippen LogP contribution >= 0.6 is 34.5 Å². The van der Waals surface area contributed by atoms with E-state index in [4.69, 9.17) is 23.2 Å². The topological polar surface area (TPSA) is 24.9 Å². The molecular formula is C18H13Cl2F3N2S. The van der Waals surface area contributed by atoms with E-state index in [1.807, 2.05) is 6.07 Å². The quantitative estimate of drug-likeness (QED) is 0.518. The van der Waals surface area contributed by atoms with Gasteiger partial charge in [0.25, 0.3) is 0 Å². The Kier molecular flexibility index (Phi) is 5.87. The molecule has 0 unspecified atom stereocenters. The molecule has 0 aliphatic heterocycles. The Bertz CT molecular complexity index is 909. The fourth-order valence-electron chi connectivity index (χ4n) is 2.47. The van der Waals surface area contributed by atoms with Gasteiger partial charge in [0.2, 0.25) is 0 Å². The first-order valence-corrected chi connectivity index (χ1v) is 9.18. The van der Waals surface area contributed by atoms with E-state index in [1.165, 1.54) is 23.5 Å². The summed E-state index contributed by atoms with van der Waals surface area (Å²) >= 11 is 13.6. The molecule has 0 saturated carbocycles. The van der Waals surface area contributed by atoms with Crippen LogP contribution in [-0.2, 0) is 19.3 Å². The first-order valence-electron chi connectivity index (χ1n) is 7.61. The van der Waals surface area contributed by atoms with Crippen LogP contribution in [-0.4, -0.2) is 4.98 Å². The molecule has 0 aliphatic carbocycles. The maximum absolute atomic E-state index is 13.0. The normalized spacial score (nSPS) is 11.7. The number of benzene rings is 2. The van der Waals surface area contributed by atoms with Crippen LogP contribution in [0, 0.1) is 0 Å². The van der Waals surface area contributed by atoms with E-state index >= 15 is 0 Å². The lowest BCUT2D eigenvalue weighted by Gasteiger charge is -2.12. The van der Waals surface area contributed by atoms with Crippen molar-refractivity contribution in [3.63, 3.8) is 0 Å². The largest absolute Gasteiger partial charge is 0.416 e. The highest BCUT2D eigenvalue weighted by Crippen LogP contribution is 2.36. The summed E-state index contributed by atoms with van der Waals surface area (Å²) in [4.78, 5) is 5.15. The van der Waals surface area contributed by atoms with E-state index in [1.54, 1.807) is 24.4 Å². The van der Waals surface area contributed by atoms with Gasteiger partial charge in [-0.25, -0.2) is 4.98 Å². The summed E-state index contributed by atoms with van der Waals surface area (Å²) in [6.07, 6.45) is -2.68. The molecule has 2 aromatic carbocycles. The molecule has 0 saturated heterocycles. The van der Waals surface area contributed by atoms with Crippen LogP contribution in [0.15, 0.2) is 48.7 Å². The number of nitrogens with one attached hydrogen (secondary N) is 1. The SMILES string of the molecule is FC(F)(F)c1ccccc1CNCc1ncc(-c2cccc(Cl)c2Cl)s1. The van der Waals surface area contributed by atoms with Gasteiger partial charge in [-0.15, -0.1) is 11.3 Å². The van der Waals surface area contributed by atoms with E-state index in [0.29, 0.717) is 16.6 Å². The summed E-state index contributed by atoms with van der Waals surface area (Å²) in [6, 6.07) is 10.9. The highest BCUT2D eigenvalue weighted by Gasteiger charge is 2.32. The number of aromatic nitrogens is 1. The van der Waals surface area contributed by atoms with Gasteiger partial charge < -0.3 is 5.32 Å². The minimum atomic E-state index is -4.37. The zero-order valence-electron chi connectivity index (χ0n) is 13.3. The van der Waals surface area contributed by atoms with E-state index in [2.05, 4.69) is 10.3 Å². The second-order valence-electron chi connectivity index (χ2n) is 5.48. The summed E-state index contributed by atoms with van der Waals surface area (Å²) in [5.74, 6) is 0. The Morgan fingerprint density at radius 1 is 1.00 bits per heavy atom. The molecule has 0 radical (unpaired) electrons. The standard InChI is InChI=1S/C18H13Cl2F3N2S/c19-14-7-3-5-12(17(14)20)15-9-25-16(26-15)10-24-8-11-4-1-2-6-13(11)18(21,22)23/h1-7,9,24H,8,10H2. The highest BCUT2D eigenvalue weighted by atomic mass is 35.5. The van der Waals surface area contributed by atoms with Gasteiger partial charge in [-0.05, 0) is 17.7 Å². The van der Waals surface area contributed by atoms with Gasteiger partial charge in [0.1, 0.15) is 5.01 Å². The van der Waals surface area contributed by atoms with Crippen molar-refractivity contribution in [1.29, 1.82) is 0 Å². The van der Waals surface area contributed by atoms with Crippen molar-refractivity contribution in [2.24, 2.45) is 0 Å². The molecule has 1 heterocycles. The van der Waals surface area contributed by atoms with Crippen molar-refractivity contribution in [1.82, 2.24) is 10.3 Å². The molecule has 136 valence electrons. The molecule has 3 rings (SSSR count). The third kappa shape index (κ3) is 4.38. The number of nitrogens with zero attached hydrogens (tertiary/aromatic N) is 1. The second-order valence-corrected chi connectivity index (χ2v) is 7.38. The van der Waals surface area contributed by atoms with Crippen molar-refractivity contribution < 1.29 is 13.2 Å². The summed E-state index contributed by atoms with van der Waals surface area (Å²) in [6.45, 7) is 0.456. The number of thiazole rings is 1. The van der Waals surface area contributed by atoms with E-state index in [-0.39, 0.29) is 12.1 Å². The van der Waals surface area contributed by atoms with Crippen LogP contribution in [0.2, 0.25) is 10.0 Å². The van der Waals surface area contributed by atoms with Crippen molar-refractivity contribution in [3.05, 3.63) is 74.8 Å². The van der Waals surface area contributed by atoms with Crippen molar-refractivity contribution in [3.8, 4) is 10.4 Å². The Labute approximate surface area is 162 Å². The van der Waals surface area contributed by atoms with Gasteiger partial charge in [0.05, 0.1) is 20.5 Å². The van der Waals surface area contributed by atoms with E-state index in [9.17, 15) is 13.2 Å². The molecule has 0 fully saturated rings. The molecule has 0 atom stereocenters. The molecule has 0 spiro atoms. The lowest BCUT2D eigenvalue weighted by Crippen LogP contribution is -2.17. The monoisotopic (exact) mass is 416 g/mol. The maximum atomic E-state index is 13.0. The van der Waals surface area contributed by atoms with Gasteiger partial charge in [-0.1, -0.05) is 53.5 Å². The number of alkyl halides is 3. The first-order chi connectivity index (χ1) is 12.4. The first kappa shape index (κ1) is 19.2. The van der Waals surface area contributed by atoms with Gasteiger partial charge in [0.15, 0.2) is 0 Å². The third-order valence-corrected chi connectivity index (χ3v) is 5.53. The lowest BCUT2D eigenvalue weighted by molar-refractivity contribution is -0.138. The third-order valence-electron chi connectivity index (χ3n) is 3.69. The smallest absolute Gasteiger partial charge is 0.306 e. The Morgan fingerprint density at radius 2 is 1.77 bits per heavy atom. The number of rotatable bonds is 5. The summed E-state index contributed by atoms with van der Waals surface area (Å²) < 4.78 is 39.0. The average molecular weight is 417 g/mol. The zero-order chi connectivity index (χ0) is 18.7. The molecule has 2 nitrogen and oxygen atoms in total. The van der Waals surface area contributed by atoms with Gasteiger partial charge in [-0.3, -0.25) is 0 Å². The van der Waals surface area contributed by atoms with Gasteiger partial charge in [0, 0.05) is 24.8 Å². The average Bonchev–Trinajstić information content (AvgIpc) is 3.05. The minimum absolute atomic E-state index is 0.0997. The lowest BCUT2D eigenvalue weighted by atomic mass is 10.1. The molecule has 0 bridgehead atoms. The molecule has 0 aliphatic rings. The van der Waals surface area contributed by atoms with Gasteiger partial charge in [-0.2, -0.15) is 13.2 Å². The minimum Gasteiger partial charge on any atom is -0.306 e.